The van der Waals surface area contributed by atoms with Gasteiger partial charge in [0.1, 0.15) is 12.7 Å². The molecule has 1 N–H and O–H groups in total. The zero-order chi connectivity index (χ0) is 14.6. The summed E-state index contributed by atoms with van der Waals surface area (Å²) in [7, 11) is 1.38. The Labute approximate surface area is 108 Å². The van der Waals surface area contributed by atoms with Gasteiger partial charge in [0, 0.05) is 19.1 Å². The molecule has 0 radical (unpaired) electrons. The van der Waals surface area contributed by atoms with E-state index in [1.165, 1.54) is 18.0 Å². The lowest BCUT2D eigenvalue weighted by molar-refractivity contribution is -0.196. The van der Waals surface area contributed by atoms with Crippen molar-refractivity contribution < 1.29 is 22.8 Å². The highest BCUT2D eigenvalue weighted by molar-refractivity contribution is 5.74. The number of piperazine rings is 1. The summed E-state index contributed by atoms with van der Waals surface area (Å²) in [6, 6.07) is -2.79. The molecular weight excluding hydrogens is 265 g/mol. The third-order valence-electron chi connectivity index (χ3n) is 3.10. The minimum atomic E-state index is -4.40. The number of aliphatic imine (C=N–C) groups is 1. The van der Waals surface area contributed by atoms with Gasteiger partial charge in [-0.3, -0.25) is 4.90 Å². The van der Waals surface area contributed by atoms with Crippen LogP contribution < -0.4 is 5.32 Å². The second kappa shape index (κ2) is 6.03. The van der Waals surface area contributed by atoms with Crippen molar-refractivity contribution in [2.75, 3.05) is 26.8 Å². The van der Waals surface area contributed by atoms with E-state index in [1.807, 2.05) is 0 Å². The van der Waals surface area contributed by atoms with Crippen molar-refractivity contribution >= 4 is 12.1 Å². The summed E-state index contributed by atoms with van der Waals surface area (Å²) in [6.45, 7) is 1.06. The highest BCUT2D eigenvalue weighted by atomic mass is 19.4. The first kappa shape index (κ1) is 15.5. The van der Waals surface area contributed by atoms with Crippen LogP contribution >= 0.6 is 0 Å². The van der Waals surface area contributed by atoms with Crippen LogP contribution in [0.15, 0.2) is 4.99 Å². The molecule has 0 bridgehead atoms. The number of rotatable bonds is 2. The lowest BCUT2D eigenvalue weighted by atomic mass is 10.1. The van der Waals surface area contributed by atoms with Crippen molar-refractivity contribution in [3.63, 3.8) is 0 Å². The van der Waals surface area contributed by atoms with E-state index in [0.717, 1.165) is 4.90 Å². The highest BCUT2D eigenvalue weighted by Gasteiger charge is 2.47. The van der Waals surface area contributed by atoms with Crippen LogP contribution in [0.1, 0.15) is 6.92 Å². The normalized spacial score (nSPS) is 24.8. The molecule has 1 heterocycles. The molecule has 0 saturated carbocycles. The van der Waals surface area contributed by atoms with Crippen molar-refractivity contribution in [2.24, 2.45) is 4.99 Å². The van der Waals surface area contributed by atoms with Gasteiger partial charge in [0.05, 0.1) is 0 Å². The van der Waals surface area contributed by atoms with Gasteiger partial charge in [-0.2, -0.15) is 18.2 Å². The van der Waals surface area contributed by atoms with Crippen molar-refractivity contribution in [2.45, 2.75) is 25.2 Å². The van der Waals surface area contributed by atoms with Gasteiger partial charge in [-0.05, 0) is 14.0 Å². The molecule has 6 nitrogen and oxygen atoms in total. The topological polar surface area (TPSA) is 65.0 Å². The van der Waals surface area contributed by atoms with E-state index >= 15 is 0 Å². The van der Waals surface area contributed by atoms with Gasteiger partial charge in [-0.15, -0.1) is 0 Å². The third kappa shape index (κ3) is 3.93. The number of isocyanates is 1. The van der Waals surface area contributed by atoms with Crippen molar-refractivity contribution in [1.82, 2.24) is 15.1 Å². The van der Waals surface area contributed by atoms with Crippen LogP contribution in [0.5, 0.6) is 0 Å². The number of carbonyl (C=O) groups excluding carboxylic acids is 2. The average Bonchev–Trinajstić information content (AvgIpc) is 2.31. The fraction of sp³-hybridized carbons (Fsp3) is 0.800. The maximum atomic E-state index is 12.8. The zero-order valence-electron chi connectivity index (χ0n) is 10.6. The molecule has 1 saturated heterocycles. The van der Waals surface area contributed by atoms with Crippen LogP contribution in [-0.4, -0.2) is 67.0 Å². The lowest BCUT2D eigenvalue weighted by Gasteiger charge is -2.44. The van der Waals surface area contributed by atoms with Gasteiger partial charge in [0.2, 0.25) is 6.08 Å². The summed E-state index contributed by atoms with van der Waals surface area (Å²) in [6.07, 6.45) is -3.17. The van der Waals surface area contributed by atoms with Crippen LogP contribution in [0.3, 0.4) is 0 Å². The van der Waals surface area contributed by atoms with E-state index in [4.69, 9.17) is 0 Å². The first-order valence-electron chi connectivity index (χ1n) is 5.62. The second-order valence-electron chi connectivity index (χ2n) is 4.37. The molecule has 1 aliphatic heterocycles. The predicted molar refractivity (Wildman–Crippen MR) is 60.2 cm³/mol. The zero-order valence-corrected chi connectivity index (χ0v) is 10.6. The molecule has 0 aromatic carbocycles. The van der Waals surface area contributed by atoms with E-state index in [-0.39, 0.29) is 13.2 Å². The first-order chi connectivity index (χ1) is 8.77. The molecule has 1 aliphatic rings. The number of alkyl halides is 3. The molecule has 0 aromatic heterocycles. The van der Waals surface area contributed by atoms with Crippen molar-refractivity contribution in [1.29, 1.82) is 0 Å². The number of hydrogen-bond acceptors (Lipinski definition) is 4. The van der Waals surface area contributed by atoms with Crippen LogP contribution in [-0.2, 0) is 4.79 Å². The van der Waals surface area contributed by atoms with Crippen LogP contribution in [0.2, 0.25) is 0 Å². The number of halogens is 3. The monoisotopic (exact) mass is 280 g/mol. The van der Waals surface area contributed by atoms with Crippen molar-refractivity contribution in [3.05, 3.63) is 0 Å². The van der Waals surface area contributed by atoms with Crippen molar-refractivity contribution in [3.8, 4) is 0 Å². The van der Waals surface area contributed by atoms with E-state index in [0.29, 0.717) is 0 Å². The summed E-state index contributed by atoms with van der Waals surface area (Å²) in [5.74, 6) is 0. The molecule has 0 spiro atoms. The fourth-order valence-electron chi connectivity index (χ4n) is 1.92. The van der Waals surface area contributed by atoms with Gasteiger partial charge < -0.3 is 10.2 Å². The average molecular weight is 280 g/mol. The molecule has 19 heavy (non-hydrogen) atoms. The number of hydrogen-bond donors (Lipinski definition) is 1. The van der Waals surface area contributed by atoms with E-state index in [1.54, 1.807) is 6.92 Å². The number of nitrogens with zero attached hydrogens (tertiary/aromatic N) is 3. The molecule has 0 aliphatic carbocycles. The minimum Gasteiger partial charge on any atom is -0.321 e. The second-order valence-corrected chi connectivity index (χ2v) is 4.37. The number of likely N-dealkylation sites (N-methyl/N-ethyl adjacent to an activating group) is 1. The summed E-state index contributed by atoms with van der Waals surface area (Å²) in [5, 5.41) is 2.23. The van der Waals surface area contributed by atoms with Gasteiger partial charge in [0.15, 0.2) is 0 Å². The number of nitrogens with one attached hydrogen (secondary N) is 1. The first-order valence-corrected chi connectivity index (χ1v) is 5.62. The molecule has 0 aromatic rings. The largest absolute Gasteiger partial charge is 0.405 e. The SMILES string of the molecule is CC1CN(C(=O)NCN=C=O)CC(C(F)(F)F)N1C. The Morgan fingerprint density at radius 3 is 2.63 bits per heavy atom. The summed E-state index contributed by atoms with van der Waals surface area (Å²) in [5.41, 5.74) is 0. The maximum Gasteiger partial charge on any atom is 0.405 e. The number of urea groups is 1. The summed E-state index contributed by atoms with van der Waals surface area (Å²) < 4.78 is 38.5. The minimum absolute atomic E-state index is 0.180. The number of amides is 2. The predicted octanol–water partition coefficient (Wildman–Crippen LogP) is 0.556. The Hall–Kier alpha value is -1.60. The standard InChI is InChI=1S/C10H15F3N4O2/c1-7-3-17(9(19)15-5-14-6-18)4-8(16(7)2)10(11,12)13/h7-8H,3-5H2,1-2H3,(H,15,19). The Morgan fingerprint density at radius 1 is 1.47 bits per heavy atom. The van der Waals surface area contributed by atoms with Crippen LogP contribution in [0.4, 0.5) is 18.0 Å². The molecular formula is C10H15F3N4O2. The fourth-order valence-corrected chi connectivity index (χ4v) is 1.92. The molecule has 1 fully saturated rings. The molecule has 2 amide bonds. The Balaban J connectivity index is 2.71. The molecule has 2 unspecified atom stereocenters. The Morgan fingerprint density at radius 2 is 2.11 bits per heavy atom. The lowest BCUT2D eigenvalue weighted by Crippen LogP contribution is -2.63. The maximum absolute atomic E-state index is 12.8. The van der Waals surface area contributed by atoms with E-state index in [9.17, 15) is 22.8 Å². The third-order valence-corrected chi connectivity index (χ3v) is 3.10. The van der Waals surface area contributed by atoms with Crippen LogP contribution in [0, 0.1) is 0 Å². The van der Waals surface area contributed by atoms with Gasteiger partial charge in [-0.1, -0.05) is 0 Å². The van der Waals surface area contributed by atoms with Gasteiger partial charge in [-0.25, -0.2) is 9.59 Å². The molecule has 2 atom stereocenters. The van der Waals surface area contributed by atoms with E-state index in [2.05, 4.69) is 10.3 Å². The smallest absolute Gasteiger partial charge is 0.321 e. The molecule has 108 valence electrons. The Bertz CT molecular complexity index is 381. The number of carbonyl (C=O) groups is 1. The Kier molecular flexibility index (Phi) is 4.90. The summed E-state index contributed by atoms with van der Waals surface area (Å²) >= 11 is 0. The molecule has 9 heteroatoms. The van der Waals surface area contributed by atoms with E-state index < -0.39 is 30.8 Å². The quantitative estimate of drug-likeness (QED) is 0.593. The van der Waals surface area contributed by atoms with Crippen LogP contribution in [0.25, 0.3) is 0 Å². The van der Waals surface area contributed by atoms with Gasteiger partial charge in [0.25, 0.3) is 0 Å². The molecule has 1 rings (SSSR count). The highest BCUT2D eigenvalue weighted by Crippen LogP contribution is 2.28. The van der Waals surface area contributed by atoms with Gasteiger partial charge >= 0.3 is 12.2 Å². The summed E-state index contributed by atoms with van der Waals surface area (Å²) in [4.78, 5) is 26.9.